The second-order valence-corrected chi connectivity index (χ2v) is 1.15. The van der Waals surface area contributed by atoms with Gasteiger partial charge in [-0.1, -0.05) is 0 Å². The molecule has 0 saturated carbocycles. The quantitative estimate of drug-likeness (QED) is 0.572. The van der Waals surface area contributed by atoms with Gasteiger partial charge in [0.05, 0.1) is 6.26 Å². The molecule has 1 aromatic heterocycles. The van der Waals surface area contributed by atoms with Crippen molar-refractivity contribution in [3.05, 3.63) is 25.4 Å². The van der Waals surface area contributed by atoms with Crippen molar-refractivity contribution in [3.63, 3.8) is 0 Å². The van der Waals surface area contributed by atoms with Crippen LogP contribution in [0.5, 0.6) is 0 Å². The lowest BCUT2D eigenvalue weighted by atomic mass is 10.6. The molecular formula is C5H6NO. The molecule has 1 N–H and O–H groups in total. The fraction of sp³-hybridized carbons (Fsp3) is 0. The molecule has 0 aliphatic carbocycles. The SMILES string of the molecule is [CH2]Nc1ccco1. The van der Waals surface area contributed by atoms with Crippen molar-refractivity contribution in [1.29, 1.82) is 0 Å². The van der Waals surface area contributed by atoms with Crippen LogP contribution in [0.2, 0.25) is 0 Å². The molecule has 37 valence electrons. The third-order valence-electron chi connectivity index (χ3n) is 0.695. The Morgan fingerprint density at radius 1 is 1.71 bits per heavy atom. The van der Waals surface area contributed by atoms with E-state index in [-0.39, 0.29) is 0 Å². The minimum absolute atomic E-state index is 0.694. The summed E-state index contributed by atoms with van der Waals surface area (Å²) in [6.45, 7) is 0. The zero-order valence-corrected chi connectivity index (χ0v) is 3.85. The van der Waals surface area contributed by atoms with Crippen LogP contribution in [-0.2, 0) is 0 Å². The molecule has 2 heteroatoms. The number of anilines is 1. The molecule has 0 saturated heterocycles. The van der Waals surface area contributed by atoms with Crippen molar-refractivity contribution >= 4 is 5.88 Å². The van der Waals surface area contributed by atoms with E-state index in [4.69, 9.17) is 4.42 Å². The van der Waals surface area contributed by atoms with Gasteiger partial charge in [-0.25, -0.2) is 0 Å². The predicted octanol–water partition coefficient (Wildman–Crippen LogP) is 1.48. The molecule has 2 nitrogen and oxygen atoms in total. The highest BCUT2D eigenvalue weighted by Crippen LogP contribution is 2.03. The molecule has 1 rings (SSSR count). The van der Waals surface area contributed by atoms with Crippen molar-refractivity contribution < 1.29 is 4.42 Å². The fourth-order valence-electron chi connectivity index (χ4n) is 0.379. The smallest absolute Gasteiger partial charge is 0.192 e. The largest absolute Gasteiger partial charge is 0.449 e. The molecule has 0 aromatic carbocycles. The Morgan fingerprint density at radius 2 is 2.57 bits per heavy atom. The van der Waals surface area contributed by atoms with Crippen LogP contribution in [0.1, 0.15) is 0 Å². The molecule has 1 radical (unpaired) electrons. The van der Waals surface area contributed by atoms with Crippen LogP contribution in [-0.4, -0.2) is 0 Å². The maximum absolute atomic E-state index is 4.81. The van der Waals surface area contributed by atoms with Gasteiger partial charge in [-0.05, 0) is 6.07 Å². The minimum atomic E-state index is 0.694. The monoisotopic (exact) mass is 96.0 g/mol. The minimum Gasteiger partial charge on any atom is -0.449 e. The molecule has 0 amide bonds. The first-order valence-electron chi connectivity index (χ1n) is 2.00. The Kier molecular flexibility index (Phi) is 1.02. The summed E-state index contributed by atoms with van der Waals surface area (Å²) in [5.74, 6) is 0.694. The number of rotatable bonds is 1. The highest BCUT2D eigenvalue weighted by atomic mass is 16.3. The Bertz CT molecular complexity index is 123. The summed E-state index contributed by atoms with van der Waals surface area (Å²) >= 11 is 0. The highest BCUT2D eigenvalue weighted by Gasteiger charge is 1.82. The van der Waals surface area contributed by atoms with Crippen LogP contribution >= 0.6 is 0 Å². The highest BCUT2D eigenvalue weighted by molar-refractivity contribution is 5.29. The lowest BCUT2D eigenvalue weighted by molar-refractivity contribution is 0.584. The molecular weight excluding hydrogens is 90.1 g/mol. The molecule has 0 spiro atoms. The van der Waals surface area contributed by atoms with E-state index in [1.165, 1.54) is 0 Å². The molecule has 1 heterocycles. The lowest BCUT2D eigenvalue weighted by Crippen LogP contribution is -1.76. The summed E-state index contributed by atoms with van der Waals surface area (Å²) in [5, 5.41) is 2.59. The standard InChI is InChI=1S/C5H6NO/c1-6-5-3-2-4-7-5/h2-4,6H,1H2. The van der Waals surface area contributed by atoms with Crippen LogP contribution in [0, 0.1) is 7.05 Å². The molecule has 0 aliphatic rings. The van der Waals surface area contributed by atoms with Gasteiger partial charge >= 0.3 is 0 Å². The van der Waals surface area contributed by atoms with E-state index in [0.29, 0.717) is 5.88 Å². The first-order chi connectivity index (χ1) is 3.43. The summed E-state index contributed by atoms with van der Waals surface area (Å²) in [7, 11) is 3.38. The number of nitrogens with one attached hydrogen (secondary N) is 1. The first kappa shape index (κ1) is 4.24. The van der Waals surface area contributed by atoms with Crippen LogP contribution in [0.15, 0.2) is 22.8 Å². The molecule has 0 atom stereocenters. The van der Waals surface area contributed by atoms with Crippen LogP contribution in [0.4, 0.5) is 5.88 Å². The van der Waals surface area contributed by atoms with E-state index in [2.05, 4.69) is 12.4 Å². The molecule has 1 aromatic rings. The van der Waals surface area contributed by atoms with Gasteiger partial charge < -0.3 is 9.73 Å². The zero-order valence-electron chi connectivity index (χ0n) is 3.85. The van der Waals surface area contributed by atoms with Crippen molar-refractivity contribution in [1.82, 2.24) is 0 Å². The van der Waals surface area contributed by atoms with Crippen LogP contribution in [0.25, 0.3) is 0 Å². The Balaban J connectivity index is 2.76. The predicted molar refractivity (Wildman–Crippen MR) is 27.7 cm³/mol. The van der Waals surface area contributed by atoms with E-state index < -0.39 is 0 Å². The average Bonchev–Trinajstić information content (AvgIpc) is 2.14. The second kappa shape index (κ2) is 1.69. The van der Waals surface area contributed by atoms with E-state index in [0.717, 1.165) is 0 Å². The van der Waals surface area contributed by atoms with Crippen molar-refractivity contribution in [3.8, 4) is 0 Å². The molecule has 0 unspecified atom stereocenters. The summed E-state index contributed by atoms with van der Waals surface area (Å²) in [6.07, 6.45) is 1.59. The van der Waals surface area contributed by atoms with E-state index >= 15 is 0 Å². The molecule has 0 fully saturated rings. The van der Waals surface area contributed by atoms with Gasteiger partial charge in [0.1, 0.15) is 0 Å². The third-order valence-corrected chi connectivity index (χ3v) is 0.695. The zero-order chi connectivity index (χ0) is 5.11. The molecule has 7 heavy (non-hydrogen) atoms. The average molecular weight is 96.1 g/mol. The Hall–Kier alpha value is -0.920. The summed E-state index contributed by atoms with van der Waals surface area (Å²) in [4.78, 5) is 0. The van der Waals surface area contributed by atoms with Gasteiger partial charge in [0, 0.05) is 13.1 Å². The normalized spacial score (nSPS) is 8.71. The molecule has 0 bridgehead atoms. The number of hydrogen-bond acceptors (Lipinski definition) is 2. The van der Waals surface area contributed by atoms with Crippen molar-refractivity contribution in [2.75, 3.05) is 5.32 Å². The maximum atomic E-state index is 4.81. The van der Waals surface area contributed by atoms with E-state index in [1.807, 2.05) is 0 Å². The first-order valence-corrected chi connectivity index (χ1v) is 2.00. The fourth-order valence-corrected chi connectivity index (χ4v) is 0.379. The van der Waals surface area contributed by atoms with Gasteiger partial charge in [0.25, 0.3) is 0 Å². The van der Waals surface area contributed by atoms with Gasteiger partial charge in [-0.3, -0.25) is 0 Å². The Labute approximate surface area is 42.1 Å². The van der Waals surface area contributed by atoms with Crippen molar-refractivity contribution in [2.24, 2.45) is 0 Å². The number of furan rings is 1. The topological polar surface area (TPSA) is 25.2 Å². The third kappa shape index (κ3) is 0.738. The van der Waals surface area contributed by atoms with Gasteiger partial charge in [-0.15, -0.1) is 0 Å². The van der Waals surface area contributed by atoms with E-state index in [9.17, 15) is 0 Å². The van der Waals surface area contributed by atoms with Crippen LogP contribution in [0.3, 0.4) is 0 Å². The summed E-state index contributed by atoms with van der Waals surface area (Å²) < 4.78 is 4.81. The Morgan fingerprint density at radius 3 is 2.86 bits per heavy atom. The van der Waals surface area contributed by atoms with Gasteiger partial charge in [-0.2, -0.15) is 0 Å². The number of hydrogen-bond donors (Lipinski definition) is 1. The van der Waals surface area contributed by atoms with Gasteiger partial charge in [0.15, 0.2) is 5.88 Å². The van der Waals surface area contributed by atoms with Crippen molar-refractivity contribution in [2.45, 2.75) is 0 Å². The molecule has 0 aliphatic heterocycles. The van der Waals surface area contributed by atoms with E-state index in [1.54, 1.807) is 18.4 Å². The van der Waals surface area contributed by atoms with Gasteiger partial charge in [0.2, 0.25) is 0 Å². The lowest BCUT2D eigenvalue weighted by Gasteiger charge is -1.85. The maximum Gasteiger partial charge on any atom is 0.192 e. The summed E-state index contributed by atoms with van der Waals surface area (Å²) in [5.41, 5.74) is 0. The second-order valence-electron chi connectivity index (χ2n) is 1.15. The van der Waals surface area contributed by atoms with Crippen LogP contribution < -0.4 is 5.32 Å². The summed E-state index contributed by atoms with van der Waals surface area (Å²) in [6, 6.07) is 3.60.